The largest absolute Gasteiger partial charge is 0.393 e. The number of morpholine rings is 1. The van der Waals surface area contributed by atoms with Crippen molar-refractivity contribution in [1.82, 2.24) is 15.0 Å². The van der Waals surface area contributed by atoms with Crippen molar-refractivity contribution in [3.05, 3.63) is 30.3 Å². The Bertz CT molecular complexity index is 1450. The number of hydrazone groups is 1. The van der Waals surface area contributed by atoms with Crippen LogP contribution >= 0.6 is 0 Å². The molecule has 7 rings (SSSR count). The molecular weight excluding hydrogens is 596 g/mol. The Morgan fingerprint density at radius 3 is 2.49 bits per heavy atom. The van der Waals surface area contributed by atoms with Gasteiger partial charge in [-0.15, -0.1) is 0 Å². The van der Waals surface area contributed by atoms with Crippen LogP contribution in [0, 0.1) is 40.4 Å². The van der Waals surface area contributed by atoms with Crippen molar-refractivity contribution in [3.8, 4) is 0 Å². The molecule has 12 heteroatoms. The van der Waals surface area contributed by atoms with Gasteiger partial charge < -0.3 is 25.0 Å². The Morgan fingerprint density at radius 2 is 1.78 bits per heavy atom. The van der Waals surface area contributed by atoms with Crippen LogP contribution < -0.4 is 10.0 Å². The molecule has 3 saturated carbocycles. The molecule has 6 fully saturated rings. The number of benzene rings is 1. The van der Waals surface area contributed by atoms with E-state index >= 15 is 0 Å². The van der Waals surface area contributed by atoms with Crippen molar-refractivity contribution in [1.29, 1.82) is 0 Å². The third kappa shape index (κ3) is 4.80. The molecule has 0 aromatic heterocycles. The zero-order chi connectivity index (χ0) is 31.9. The summed E-state index contributed by atoms with van der Waals surface area (Å²) in [4.78, 5) is 13.0. The molecule has 6 aliphatic rings. The average molecular weight is 645 g/mol. The first-order valence-electron chi connectivity index (χ1n) is 16.6. The number of sulfonamides is 1. The molecule has 1 aromatic carbocycles. The van der Waals surface area contributed by atoms with E-state index in [9.17, 15) is 23.4 Å². The van der Waals surface area contributed by atoms with Gasteiger partial charge in [-0.3, -0.25) is 9.80 Å². The number of hydrogen-bond donors (Lipinski definition) is 4. The molecule has 248 valence electrons. The molecule has 3 saturated heterocycles. The zero-order valence-corrected chi connectivity index (χ0v) is 27.5. The highest BCUT2D eigenvalue weighted by atomic mass is 32.2. The van der Waals surface area contributed by atoms with E-state index in [4.69, 9.17) is 14.6 Å². The molecule has 3 heterocycles. The van der Waals surface area contributed by atoms with Crippen LogP contribution in [-0.2, 0) is 24.3 Å². The summed E-state index contributed by atoms with van der Waals surface area (Å²) in [6, 6.07) is 7.76. The van der Waals surface area contributed by atoms with E-state index in [0.717, 1.165) is 18.6 Å². The van der Waals surface area contributed by atoms with Crippen molar-refractivity contribution in [2.24, 2.45) is 45.5 Å². The molecule has 1 spiro atoms. The van der Waals surface area contributed by atoms with Crippen molar-refractivity contribution >= 4 is 21.6 Å². The minimum atomic E-state index is -3.92. The third-order valence-corrected chi connectivity index (χ3v) is 14.2. The summed E-state index contributed by atoms with van der Waals surface area (Å²) in [6.07, 6.45) is 0.868. The number of hydrogen-bond acceptors (Lipinski definition) is 9. The summed E-state index contributed by atoms with van der Waals surface area (Å²) in [5.41, 5.74) is -0.967. The van der Waals surface area contributed by atoms with Gasteiger partial charge in [-0.25, -0.2) is 13.1 Å². The minimum Gasteiger partial charge on any atom is -0.393 e. The fraction of sp³-hybridized carbons (Fsp3) is 0.758. The maximum atomic E-state index is 14.0. The van der Waals surface area contributed by atoms with E-state index in [1.807, 2.05) is 5.01 Å². The van der Waals surface area contributed by atoms with Gasteiger partial charge in [0, 0.05) is 17.3 Å². The zero-order valence-electron chi connectivity index (χ0n) is 26.7. The second kappa shape index (κ2) is 11.0. The molecule has 1 amide bonds. The molecule has 4 N–H and O–H groups in total. The number of carbonyl (C=O) groups excluding carboxylic acids is 1. The number of fused-ring (bicyclic) bond motifs is 3. The van der Waals surface area contributed by atoms with Gasteiger partial charge in [0.1, 0.15) is 6.23 Å². The molecule has 3 aliphatic carbocycles. The first kappa shape index (κ1) is 31.5. The van der Waals surface area contributed by atoms with Gasteiger partial charge in [0.15, 0.2) is 0 Å². The molecule has 45 heavy (non-hydrogen) atoms. The maximum absolute atomic E-state index is 14.0. The Kier molecular flexibility index (Phi) is 7.69. The summed E-state index contributed by atoms with van der Waals surface area (Å²) < 4.78 is 44.0. The number of nitrogens with one attached hydrogen (secondary N) is 2. The maximum Gasteiger partial charge on any atom is 0.241 e. The fourth-order valence-electron chi connectivity index (χ4n) is 10.2. The number of rotatable bonds is 4. The number of nitrogens with zero attached hydrogens (tertiary/aromatic N) is 2. The van der Waals surface area contributed by atoms with Gasteiger partial charge in [-0.1, -0.05) is 45.9 Å². The predicted molar refractivity (Wildman–Crippen MR) is 166 cm³/mol. The van der Waals surface area contributed by atoms with Crippen LogP contribution in [0.25, 0.3) is 0 Å². The van der Waals surface area contributed by atoms with Crippen LogP contribution in [0.15, 0.2) is 40.3 Å². The number of aliphatic hydroxyl groups excluding tert-OH is 2. The Labute approximate surface area is 266 Å². The Morgan fingerprint density at radius 1 is 1.07 bits per heavy atom. The highest BCUT2D eigenvalue weighted by molar-refractivity contribution is 7.89. The van der Waals surface area contributed by atoms with Crippen molar-refractivity contribution in [3.63, 3.8) is 0 Å². The van der Waals surface area contributed by atoms with E-state index in [2.05, 4.69) is 37.7 Å². The van der Waals surface area contributed by atoms with Gasteiger partial charge in [0.05, 0.1) is 66.7 Å². The lowest BCUT2D eigenvalue weighted by Gasteiger charge is -2.70. The lowest BCUT2D eigenvalue weighted by Crippen LogP contribution is -2.75. The highest BCUT2D eigenvalue weighted by Gasteiger charge is 2.72. The predicted octanol–water partition coefficient (Wildman–Crippen LogP) is 2.09. The van der Waals surface area contributed by atoms with Crippen LogP contribution in [0.3, 0.4) is 0 Å². The molecule has 3 aliphatic heterocycles. The SMILES string of the molecule is CC1CCC2C(C)(C)C(=NN3CCOCC3)C(NS(=O)(=O)c3ccccc3)CC23OC2C(CC13C)C(O)CC1C(=O)NC(O)C12. The first-order chi connectivity index (χ1) is 21.3. The topological polar surface area (TPSA) is 150 Å². The van der Waals surface area contributed by atoms with Crippen LogP contribution in [0.2, 0.25) is 0 Å². The van der Waals surface area contributed by atoms with Gasteiger partial charge in [-0.05, 0) is 61.5 Å². The smallest absolute Gasteiger partial charge is 0.241 e. The first-order valence-corrected chi connectivity index (χ1v) is 18.1. The fourth-order valence-corrected chi connectivity index (χ4v) is 11.5. The van der Waals surface area contributed by atoms with E-state index in [1.165, 1.54) is 0 Å². The van der Waals surface area contributed by atoms with Gasteiger partial charge in [-0.2, -0.15) is 5.10 Å². The highest BCUT2D eigenvalue weighted by Crippen LogP contribution is 2.68. The molecule has 0 radical (unpaired) electrons. The lowest BCUT2D eigenvalue weighted by atomic mass is 9.41. The summed E-state index contributed by atoms with van der Waals surface area (Å²) in [5.74, 6) is -1.26. The molecule has 11 unspecified atom stereocenters. The van der Waals surface area contributed by atoms with Gasteiger partial charge in [0.2, 0.25) is 15.9 Å². The lowest BCUT2D eigenvalue weighted by molar-refractivity contribution is -0.324. The molecule has 1 aromatic rings. The van der Waals surface area contributed by atoms with Crippen LogP contribution in [0.4, 0.5) is 0 Å². The summed E-state index contributed by atoms with van der Waals surface area (Å²) >= 11 is 0. The number of carbonyl (C=O) groups is 1. The standard InChI is InChI=1S/C33H48N4O7S/c1-19-10-11-25-31(2,3)28(35-37-12-14-43-15-13-37)23(36-45(41,42)20-8-6-5-7-9-20)18-33(25)32(19,4)17-22-24(38)16-21-26(27(22)44-33)30(40)34-29(21)39/h5-9,19,21-27,30,36,38,40H,10-18H2,1-4H3,(H,34,39). The Balaban J connectivity index is 1.36. The second-order valence-corrected chi connectivity index (χ2v) is 16.9. The van der Waals surface area contributed by atoms with E-state index in [1.54, 1.807) is 30.3 Å². The van der Waals surface area contributed by atoms with Crippen molar-refractivity contribution in [2.45, 2.75) is 94.8 Å². The summed E-state index contributed by atoms with van der Waals surface area (Å²) in [7, 11) is -3.92. The van der Waals surface area contributed by atoms with Crippen LogP contribution in [0.1, 0.15) is 59.8 Å². The third-order valence-electron chi connectivity index (χ3n) is 12.7. The summed E-state index contributed by atoms with van der Waals surface area (Å²) in [6.45, 7) is 11.2. The molecular formula is C33H48N4O7S. The van der Waals surface area contributed by atoms with Gasteiger partial charge >= 0.3 is 0 Å². The quantitative estimate of drug-likeness (QED) is 0.390. The van der Waals surface area contributed by atoms with Gasteiger partial charge in [0.25, 0.3) is 0 Å². The molecule has 11 atom stereocenters. The molecule has 0 bridgehead atoms. The van der Waals surface area contributed by atoms with Crippen molar-refractivity contribution < 1.29 is 32.9 Å². The summed E-state index contributed by atoms with van der Waals surface area (Å²) in [5, 5.41) is 32.4. The van der Waals surface area contributed by atoms with E-state index in [-0.39, 0.29) is 28.6 Å². The second-order valence-electron chi connectivity index (χ2n) is 15.2. The number of aliphatic hydroxyl groups is 2. The monoisotopic (exact) mass is 644 g/mol. The minimum absolute atomic E-state index is 0.0101. The van der Waals surface area contributed by atoms with E-state index < -0.39 is 62.8 Å². The normalized spacial score (nSPS) is 45.2. The average Bonchev–Trinajstić information content (AvgIpc) is 3.28. The van der Waals surface area contributed by atoms with Crippen LogP contribution in [-0.4, -0.2) is 91.6 Å². The van der Waals surface area contributed by atoms with Crippen LogP contribution in [0.5, 0.6) is 0 Å². The number of ether oxygens (including phenoxy) is 2. The van der Waals surface area contributed by atoms with E-state index in [0.29, 0.717) is 45.6 Å². The Hall–Kier alpha value is -2.09. The molecule has 11 nitrogen and oxygen atoms in total. The number of amides is 1. The van der Waals surface area contributed by atoms with Crippen molar-refractivity contribution in [2.75, 3.05) is 26.3 Å².